The van der Waals surface area contributed by atoms with Gasteiger partial charge in [-0.3, -0.25) is 4.90 Å². The molecule has 1 aromatic carbocycles. The summed E-state index contributed by atoms with van der Waals surface area (Å²) in [7, 11) is 3.20. The normalized spacial score (nSPS) is 15.6. The molecule has 0 spiro atoms. The summed E-state index contributed by atoms with van der Waals surface area (Å²) in [6.45, 7) is 9.84. The molecule has 2 N–H and O–H groups in total. The first-order valence-corrected chi connectivity index (χ1v) is 7.60. The Kier molecular flexibility index (Phi) is 10.2. The van der Waals surface area contributed by atoms with Gasteiger partial charge in [-0.25, -0.2) is 0 Å². The smallest absolute Gasteiger partial charge is 0.131 e. The first-order valence-electron chi connectivity index (χ1n) is 7.60. The molecule has 138 valence electrons. The van der Waals surface area contributed by atoms with Crippen LogP contribution in [0.15, 0.2) is 24.3 Å². The van der Waals surface area contributed by atoms with Crippen LogP contribution in [-0.4, -0.2) is 50.4 Å². The van der Waals surface area contributed by atoms with Crippen LogP contribution in [0.25, 0.3) is 0 Å². The summed E-state index contributed by atoms with van der Waals surface area (Å²) in [5.41, 5.74) is 1.90. The van der Waals surface area contributed by atoms with E-state index in [1.165, 1.54) is 0 Å². The van der Waals surface area contributed by atoms with E-state index in [9.17, 15) is 5.11 Å². The van der Waals surface area contributed by atoms with Gasteiger partial charge >= 0.3 is 0 Å². The number of phenolic OH excluding ortho intramolecular Hbond substituents is 1. The van der Waals surface area contributed by atoms with Gasteiger partial charge in [0.15, 0.2) is 0 Å². The summed E-state index contributed by atoms with van der Waals surface area (Å²) in [4.78, 5) is 2.37. The Hall–Kier alpha value is -1.14. The number of methoxy groups -OCH3 is 2. The molecule has 1 saturated heterocycles. The minimum Gasteiger partial charge on any atom is -0.507 e. The van der Waals surface area contributed by atoms with E-state index in [1.807, 2.05) is 13.0 Å². The van der Waals surface area contributed by atoms with E-state index < -0.39 is 0 Å². The second kappa shape index (κ2) is 10.7. The molecule has 1 fully saturated rings. The molecule has 0 saturated carbocycles. The molecule has 7 heteroatoms. The van der Waals surface area contributed by atoms with Gasteiger partial charge in [-0.05, 0) is 13.3 Å². The predicted octanol–water partition coefficient (Wildman–Crippen LogP) is 3.17. The monoisotopic (exact) mass is 378 g/mol. The summed E-state index contributed by atoms with van der Waals surface area (Å²) in [5.74, 6) is 1.45. The third-order valence-electron chi connectivity index (χ3n) is 4.02. The number of benzene rings is 1. The van der Waals surface area contributed by atoms with Gasteiger partial charge in [0.05, 0.1) is 19.8 Å². The van der Waals surface area contributed by atoms with Crippen molar-refractivity contribution >= 4 is 24.8 Å². The lowest BCUT2D eigenvalue weighted by Gasteiger charge is -2.36. The second-order valence-electron chi connectivity index (χ2n) is 5.73. The van der Waals surface area contributed by atoms with Crippen molar-refractivity contribution in [3.05, 3.63) is 29.8 Å². The summed E-state index contributed by atoms with van der Waals surface area (Å²) < 4.78 is 10.7. The zero-order chi connectivity index (χ0) is 16.1. The van der Waals surface area contributed by atoms with Crippen LogP contribution in [0.5, 0.6) is 17.2 Å². The minimum absolute atomic E-state index is 0. The highest BCUT2D eigenvalue weighted by Crippen LogP contribution is 2.42. The number of nitrogens with one attached hydrogen (secondary N) is 1. The Morgan fingerprint density at radius 2 is 1.88 bits per heavy atom. The van der Waals surface area contributed by atoms with Crippen LogP contribution < -0.4 is 14.8 Å². The molecule has 0 unspecified atom stereocenters. The SMILES string of the molecule is C=C(C)C[C@@H](c1c(O)cc(OC)cc1OC)N1CCNCC1.Cl.Cl. The quantitative estimate of drug-likeness (QED) is 0.744. The first-order chi connectivity index (χ1) is 10.6. The van der Waals surface area contributed by atoms with Crippen LogP contribution in [-0.2, 0) is 0 Å². The molecule has 24 heavy (non-hydrogen) atoms. The van der Waals surface area contributed by atoms with Crippen molar-refractivity contribution in [1.82, 2.24) is 10.2 Å². The maximum Gasteiger partial charge on any atom is 0.131 e. The average molecular weight is 379 g/mol. The number of ether oxygens (including phenoxy) is 2. The van der Waals surface area contributed by atoms with Crippen LogP contribution >= 0.6 is 24.8 Å². The number of hydrogen-bond donors (Lipinski definition) is 2. The molecule has 0 bridgehead atoms. The fourth-order valence-electron chi connectivity index (χ4n) is 2.95. The van der Waals surface area contributed by atoms with Crippen molar-refractivity contribution in [2.24, 2.45) is 0 Å². The number of piperazine rings is 1. The number of nitrogens with zero attached hydrogens (tertiary/aromatic N) is 1. The van der Waals surface area contributed by atoms with Gasteiger partial charge in [0.1, 0.15) is 17.2 Å². The van der Waals surface area contributed by atoms with E-state index >= 15 is 0 Å². The van der Waals surface area contributed by atoms with E-state index in [0.717, 1.165) is 43.7 Å². The Balaban J connectivity index is 0.00000264. The molecule has 2 rings (SSSR count). The van der Waals surface area contributed by atoms with Crippen molar-refractivity contribution in [1.29, 1.82) is 0 Å². The number of rotatable bonds is 6. The third-order valence-corrected chi connectivity index (χ3v) is 4.02. The summed E-state index contributed by atoms with van der Waals surface area (Å²) in [5, 5.41) is 13.9. The highest BCUT2D eigenvalue weighted by Gasteiger charge is 2.28. The highest BCUT2D eigenvalue weighted by molar-refractivity contribution is 5.85. The minimum atomic E-state index is 0. The lowest BCUT2D eigenvalue weighted by molar-refractivity contribution is 0.166. The fourth-order valence-corrected chi connectivity index (χ4v) is 2.95. The highest BCUT2D eigenvalue weighted by atomic mass is 35.5. The van der Waals surface area contributed by atoms with Crippen molar-refractivity contribution in [2.75, 3.05) is 40.4 Å². The van der Waals surface area contributed by atoms with Crippen molar-refractivity contribution < 1.29 is 14.6 Å². The summed E-state index contributed by atoms with van der Waals surface area (Å²) in [6.07, 6.45) is 0.788. The zero-order valence-electron chi connectivity index (χ0n) is 14.5. The molecule has 1 heterocycles. The van der Waals surface area contributed by atoms with E-state index in [1.54, 1.807) is 20.3 Å². The molecule has 1 atom stereocenters. The average Bonchev–Trinajstić information content (AvgIpc) is 2.52. The molecule has 1 aromatic rings. The van der Waals surface area contributed by atoms with Gasteiger partial charge in [0.25, 0.3) is 0 Å². The van der Waals surface area contributed by atoms with E-state index in [4.69, 9.17) is 9.47 Å². The lowest BCUT2D eigenvalue weighted by atomic mass is 9.96. The van der Waals surface area contributed by atoms with Crippen LogP contribution in [0.4, 0.5) is 0 Å². The van der Waals surface area contributed by atoms with E-state index in [2.05, 4.69) is 16.8 Å². The molecule has 5 nitrogen and oxygen atoms in total. The zero-order valence-corrected chi connectivity index (χ0v) is 16.1. The first kappa shape index (κ1) is 22.9. The van der Waals surface area contributed by atoms with E-state index in [-0.39, 0.29) is 36.6 Å². The fraction of sp³-hybridized carbons (Fsp3) is 0.529. The summed E-state index contributed by atoms with van der Waals surface area (Å²) >= 11 is 0. The Morgan fingerprint density at radius 3 is 2.38 bits per heavy atom. The van der Waals surface area contributed by atoms with Gasteiger partial charge in [-0.15, -0.1) is 31.4 Å². The lowest BCUT2D eigenvalue weighted by Crippen LogP contribution is -2.45. The molecule has 0 radical (unpaired) electrons. The Labute approximate surface area is 156 Å². The molecule has 0 amide bonds. The molecule has 0 aliphatic carbocycles. The number of hydrogen-bond acceptors (Lipinski definition) is 5. The maximum absolute atomic E-state index is 10.5. The number of phenols is 1. The van der Waals surface area contributed by atoms with Crippen molar-refractivity contribution in [2.45, 2.75) is 19.4 Å². The molecule has 1 aliphatic heterocycles. The second-order valence-corrected chi connectivity index (χ2v) is 5.73. The molecular formula is C17H28Cl2N2O3. The Morgan fingerprint density at radius 1 is 1.25 bits per heavy atom. The van der Waals surface area contributed by atoms with Crippen LogP contribution in [0, 0.1) is 0 Å². The maximum atomic E-state index is 10.5. The van der Waals surface area contributed by atoms with Crippen molar-refractivity contribution in [3.63, 3.8) is 0 Å². The molecule has 1 aliphatic rings. The van der Waals surface area contributed by atoms with Crippen LogP contribution in [0.2, 0.25) is 0 Å². The van der Waals surface area contributed by atoms with Gasteiger partial charge < -0.3 is 19.9 Å². The van der Waals surface area contributed by atoms with Gasteiger partial charge in [-0.1, -0.05) is 5.57 Å². The number of halogens is 2. The Bertz CT molecular complexity index is 535. The van der Waals surface area contributed by atoms with Crippen molar-refractivity contribution in [3.8, 4) is 17.2 Å². The largest absolute Gasteiger partial charge is 0.507 e. The van der Waals surface area contributed by atoms with Crippen LogP contribution in [0.3, 0.4) is 0 Å². The standard InChI is InChI=1S/C17H26N2O3.2ClH/c1-12(2)9-14(19-7-5-18-6-8-19)17-15(20)10-13(21-3)11-16(17)22-4;;/h10-11,14,18,20H,1,5-9H2,2-4H3;2*1H/t14-;;/m0../s1. The number of aromatic hydroxyl groups is 1. The predicted molar refractivity (Wildman–Crippen MR) is 102 cm³/mol. The van der Waals surface area contributed by atoms with E-state index in [0.29, 0.717) is 11.5 Å². The van der Waals surface area contributed by atoms with Gasteiger partial charge in [-0.2, -0.15) is 0 Å². The third kappa shape index (κ3) is 5.45. The topological polar surface area (TPSA) is 54.0 Å². The molecular weight excluding hydrogens is 351 g/mol. The van der Waals surface area contributed by atoms with Gasteiger partial charge in [0.2, 0.25) is 0 Å². The van der Waals surface area contributed by atoms with Gasteiger partial charge in [0, 0.05) is 44.4 Å². The van der Waals surface area contributed by atoms with Crippen LogP contribution in [0.1, 0.15) is 24.9 Å². The summed E-state index contributed by atoms with van der Waals surface area (Å²) in [6, 6.07) is 3.52. The molecule has 0 aromatic heterocycles.